The van der Waals surface area contributed by atoms with Gasteiger partial charge in [0.2, 0.25) is 0 Å². The molecule has 0 saturated heterocycles. The van der Waals surface area contributed by atoms with E-state index in [9.17, 15) is 0 Å². The molecule has 2 unspecified atom stereocenters. The molecular weight excluding hydrogens is 270 g/mol. The van der Waals surface area contributed by atoms with Gasteiger partial charge < -0.3 is 4.74 Å². The maximum atomic E-state index is 5.27. The minimum Gasteiger partial charge on any atom is -0.385 e. The van der Waals surface area contributed by atoms with Crippen molar-refractivity contribution in [2.24, 2.45) is 0 Å². The van der Waals surface area contributed by atoms with Crippen molar-refractivity contribution in [2.45, 2.75) is 38.9 Å². The van der Waals surface area contributed by atoms with Crippen LogP contribution in [-0.4, -0.2) is 24.7 Å². The van der Waals surface area contributed by atoms with Crippen LogP contribution in [0.1, 0.15) is 37.4 Å². The Morgan fingerprint density at radius 2 is 1.50 bits per heavy atom. The number of benzene rings is 2. The minimum absolute atomic E-state index is 0.383. The quantitative estimate of drug-likeness (QED) is 0.702. The molecule has 0 fully saturated rings. The molecule has 0 spiro atoms. The van der Waals surface area contributed by atoms with Crippen LogP contribution >= 0.6 is 0 Å². The zero-order valence-electron chi connectivity index (χ0n) is 13.9. The lowest BCUT2D eigenvalue weighted by Gasteiger charge is -2.35. The first-order valence-corrected chi connectivity index (χ1v) is 8.06. The van der Waals surface area contributed by atoms with Gasteiger partial charge in [-0.15, -0.1) is 0 Å². The predicted octanol–water partition coefficient (Wildman–Crippen LogP) is 4.67. The van der Waals surface area contributed by atoms with E-state index in [-0.39, 0.29) is 0 Å². The predicted molar refractivity (Wildman–Crippen MR) is 92.8 cm³/mol. The molecule has 2 atom stereocenters. The van der Waals surface area contributed by atoms with E-state index in [1.54, 1.807) is 7.11 Å². The normalized spacial score (nSPS) is 14.0. The maximum Gasteiger partial charge on any atom is 0.0477 e. The van der Waals surface area contributed by atoms with Crippen molar-refractivity contribution >= 4 is 0 Å². The van der Waals surface area contributed by atoms with Gasteiger partial charge in [0.25, 0.3) is 0 Å². The summed E-state index contributed by atoms with van der Waals surface area (Å²) in [5.41, 5.74) is 2.72. The van der Waals surface area contributed by atoms with Gasteiger partial charge in [-0.2, -0.15) is 0 Å². The van der Waals surface area contributed by atoms with Crippen LogP contribution in [0.2, 0.25) is 0 Å². The van der Waals surface area contributed by atoms with E-state index in [0.29, 0.717) is 12.1 Å². The molecule has 2 aromatic carbocycles. The summed E-state index contributed by atoms with van der Waals surface area (Å²) in [5, 5.41) is 0. The van der Waals surface area contributed by atoms with E-state index >= 15 is 0 Å². The van der Waals surface area contributed by atoms with Crippen molar-refractivity contribution in [3.63, 3.8) is 0 Å². The van der Waals surface area contributed by atoms with Crippen molar-refractivity contribution in [1.29, 1.82) is 0 Å². The second-order valence-corrected chi connectivity index (χ2v) is 5.88. The van der Waals surface area contributed by atoms with Gasteiger partial charge in [0.15, 0.2) is 0 Å². The molecular formula is C20H27NO. The van der Waals surface area contributed by atoms with Gasteiger partial charge in [0.1, 0.15) is 0 Å². The highest BCUT2D eigenvalue weighted by Gasteiger charge is 2.21. The molecule has 2 aromatic rings. The van der Waals surface area contributed by atoms with Crippen LogP contribution in [0.5, 0.6) is 0 Å². The summed E-state index contributed by atoms with van der Waals surface area (Å²) in [5.74, 6) is 0. The van der Waals surface area contributed by atoms with Crippen molar-refractivity contribution in [3.8, 4) is 0 Å². The third-order valence-electron chi connectivity index (χ3n) is 4.29. The van der Waals surface area contributed by atoms with Crippen LogP contribution < -0.4 is 0 Å². The Labute approximate surface area is 134 Å². The Morgan fingerprint density at radius 3 is 2.09 bits per heavy atom. The first-order valence-electron chi connectivity index (χ1n) is 8.06. The molecule has 0 radical (unpaired) electrons. The SMILES string of the molecule is COCCC(C)N(Cc1ccccc1)C(C)c1ccccc1. The molecule has 0 aliphatic carbocycles. The van der Waals surface area contributed by atoms with E-state index in [1.807, 2.05) is 0 Å². The fraction of sp³-hybridized carbons (Fsp3) is 0.400. The largest absolute Gasteiger partial charge is 0.385 e. The summed E-state index contributed by atoms with van der Waals surface area (Å²) < 4.78 is 5.27. The molecule has 2 nitrogen and oxygen atoms in total. The van der Waals surface area contributed by atoms with Crippen LogP contribution in [0.4, 0.5) is 0 Å². The highest BCUT2D eigenvalue weighted by molar-refractivity contribution is 5.20. The minimum atomic E-state index is 0.383. The number of hydrogen-bond acceptors (Lipinski definition) is 2. The molecule has 0 aliphatic heterocycles. The van der Waals surface area contributed by atoms with Crippen molar-refractivity contribution in [2.75, 3.05) is 13.7 Å². The average molecular weight is 297 g/mol. The molecule has 2 heteroatoms. The van der Waals surface area contributed by atoms with Gasteiger partial charge in [-0.1, -0.05) is 60.7 Å². The molecule has 0 saturated carbocycles. The Hall–Kier alpha value is -1.64. The summed E-state index contributed by atoms with van der Waals surface area (Å²) in [6.07, 6.45) is 1.04. The number of nitrogens with zero attached hydrogens (tertiary/aromatic N) is 1. The van der Waals surface area contributed by atoms with Crippen LogP contribution in [-0.2, 0) is 11.3 Å². The van der Waals surface area contributed by atoms with Crippen molar-refractivity contribution in [1.82, 2.24) is 4.90 Å². The lowest BCUT2D eigenvalue weighted by molar-refractivity contribution is 0.104. The summed E-state index contributed by atoms with van der Waals surface area (Å²) in [7, 11) is 1.77. The van der Waals surface area contributed by atoms with Gasteiger partial charge in [0, 0.05) is 32.3 Å². The third kappa shape index (κ3) is 4.69. The van der Waals surface area contributed by atoms with Gasteiger partial charge >= 0.3 is 0 Å². The topological polar surface area (TPSA) is 12.5 Å². The fourth-order valence-electron chi connectivity index (χ4n) is 2.85. The summed E-state index contributed by atoms with van der Waals surface area (Å²) in [6, 6.07) is 22.3. The van der Waals surface area contributed by atoms with Gasteiger partial charge in [-0.3, -0.25) is 4.90 Å². The molecule has 0 N–H and O–H groups in total. The van der Waals surface area contributed by atoms with Crippen LogP contribution in [0.15, 0.2) is 60.7 Å². The standard InChI is InChI=1S/C20H27NO/c1-17(14-15-22-3)21(16-19-10-6-4-7-11-19)18(2)20-12-8-5-9-13-20/h4-13,17-18H,14-16H2,1-3H3. The zero-order chi connectivity index (χ0) is 15.8. The van der Waals surface area contributed by atoms with Gasteiger partial charge in [0.05, 0.1) is 0 Å². The van der Waals surface area contributed by atoms with E-state index in [1.165, 1.54) is 11.1 Å². The molecule has 0 amide bonds. The molecule has 22 heavy (non-hydrogen) atoms. The maximum absolute atomic E-state index is 5.27. The zero-order valence-corrected chi connectivity index (χ0v) is 13.9. The number of hydrogen-bond donors (Lipinski definition) is 0. The van der Waals surface area contributed by atoms with E-state index in [4.69, 9.17) is 4.74 Å². The monoisotopic (exact) mass is 297 g/mol. The highest BCUT2D eigenvalue weighted by Crippen LogP contribution is 2.25. The first kappa shape index (κ1) is 16.7. The summed E-state index contributed by atoms with van der Waals surface area (Å²) in [4.78, 5) is 2.56. The highest BCUT2D eigenvalue weighted by atomic mass is 16.5. The smallest absolute Gasteiger partial charge is 0.0477 e. The summed E-state index contributed by atoms with van der Waals surface area (Å²) >= 11 is 0. The van der Waals surface area contributed by atoms with Crippen LogP contribution in [0.25, 0.3) is 0 Å². The van der Waals surface area contributed by atoms with Crippen molar-refractivity contribution < 1.29 is 4.74 Å². The molecule has 0 aliphatic rings. The Kier molecular flexibility index (Phi) is 6.63. The lowest BCUT2D eigenvalue weighted by atomic mass is 10.0. The molecule has 118 valence electrons. The van der Waals surface area contributed by atoms with Crippen LogP contribution in [0.3, 0.4) is 0 Å². The lowest BCUT2D eigenvalue weighted by Crippen LogP contribution is -2.35. The second-order valence-electron chi connectivity index (χ2n) is 5.88. The average Bonchev–Trinajstić information content (AvgIpc) is 2.58. The van der Waals surface area contributed by atoms with Crippen molar-refractivity contribution in [3.05, 3.63) is 71.8 Å². The van der Waals surface area contributed by atoms with Gasteiger partial charge in [-0.05, 0) is 31.4 Å². The third-order valence-corrected chi connectivity index (χ3v) is 4.29. The Bertz CT molecular complexity index is 526. The molecule has 0 bridgehead atoms. The van der Waals surface area contributed by atoms with E-state index < -0.39 is 0 Å². The molecule has 0 heterocycles. The number of rotatable bonds is 8. The Balaban J connectivity index is 2.17. The first-order chi connectivity index (χ1) is 10.7. The number of ether oxygens (including phenoxy) is 1. The molecule has 2 rings (SSSR count). The number of methoxy groups -OCH3 is 1. The van der Waals surface area contributed by atoms with E-state index in [2.05, 4.69) is 79.4 Å². The van der Waals surface area contributed by atoms with E-state index in [0.717, 1.165) is 19.6 Å². The second kappa shape index (κ2) is 8.72. The fourth-order valence-corrected chi connectivity index (χ4v) is 2.85. The molecule has 0 aromatic heterocycles. The van der Waals surface area contributed by atoms with Crippen LogP contribution in [0, 0.1) is 0 Å². The van der Waals surface area contributed by atoms with Gasteiger partial charge in [-0.25, -0.2) is 0 Å². The summed E-state index contributed by atoms with van der Waals surface area (Å²) in [6.45, 7) is 6.35. The Morgan fingerprint density at radius 1 is 0.909 bits per heavy atom.